The number of benzene rings is 1. The standard InChI is InChI=1S/C31H45N3O3S/c1-21-27(30(35)32-23-13-10-14-23)19-28(34(21)20-22-11-6-5-7-12-22)25-17-18-29(26-16-9-8-15-24(25)26)38(36,37)33-31(2,3)4/h17-19,22-23,33H,5-16,20H2,1-4H3,(H,32,35). The van der Waals surface area contributed by atoms with E-state index in [0.29, 0.717) is 16.9 Å². The van der Waals surface area contributed by atoms with Crippen molar-refractivity contribution in [2.75, 3.05) is 0 Å². The largest absolute Gasteiger partial charge is 0.349 e. The molecule has 0 saturated heterocycles. The Morgan fingerprint density at radius 2 is 1.63 bits per heavy atom. The summed E-state index contributed by atoms with van der Waals surface area (Å²) in [4.78, 5) is 13.8. The molecule has 0 aliphatic heterocycles. The van der Waals surface area contributed by atoms with Gasteiger partial charge in [0.2, 0.25) is 10.0 Å². The van der Waals surface area contributed by atoms with Crippen LogP contribution in [-0.4, -0.2) is 30.5 Å². The topological polar surface area (TPSA) is 80.2 Å². The van der Waals surface area contributed by atoms with E-state index in [1.54, 1.807) is 6.07 Å². The van der Waals surface area contributed by atoms with Crippen LogP contribution in [0, 0.1) is 12.8 Å². The Morgan fingerprint density at radius 1 is 0.947 bits per heavy atom. The highest BCUT2D eigenvalue weighted by Crippen LogP contribution is 2.39. The summed E-state index contributed by atoms with van der Waals surface area (Å²) in [7, 11) is -3.64. The van der Waals surface area contributed by atoms with E-state index in [1.165, 1.54) is 38.5 Å². The van der Waals surface area contributed by atoms with Crippen molar-refractivity contribution in [3.05, 3.63) is 40.6 Å². The Hall–Kier alpha value is -2.12. The maximum absolute atomic E-state index is 13.4. The van der Waals surface area contributed by atoms with Crippen molar-refractivity contribution in [1.82, 2.24) is 14.6 Å². The average Bonchev–Trinajstić information content (AvgIpc) is 3.15. The van der Waals surface area contributed by atoms with Crippen molar-refractivity contribution >= 4 is 15.9 Å². The Kier molecular flexibility index (Phi) is 7.80. The molecule has 2 N–H and O–H groups in total. The first-order valence-corrected chi connectivity index (χ1v) is 16.2. The van der Waals surface area contributed by atoms with E-state index < -0.39 is 15.6 Å². The molecule has 208 valence electrons. The first kappa shape index (κ1) is 27.4. The number of sulfonamides is 1. The maximum Gasteiger partial charge on any atom is 0.253 e. The molecule has 3 aliphatic carbocycles. The third kappa shape index (κ3) is 5.74. The van der Waals surface area contributed by atoms with Gasteiger partial charge in [-0.2, -0.15) is 0 Å². The average molecular weight is 540 g/mol. The van der Waals surface area contributed by atoms with Gasteiger partial charge in [-0.3, -0.25) is 4.79 Å². The molecule has 1 aromatic heterocycles. The van der Waals surface area contributed by atoms with Crippen LogP contribution in [0.2, 0.25) is 0 Å². The molecule has 5 rings (SSSR count). The molecule has 2 saturated carbocycles. The highest BCUT2D eigenvalue weighted by Gasteiger charge is 2.30. The minimum atomic E-state index is -3.64. The molecule has 1 heterocycles. The third-order valence-corrected chi connectivity index (χ3v) is 10.6. The molecular formula is C31H45N3O3S. The second-order valence-corrected chi connectivity index (χ2v) is 14.5. The Balaban J connectivity index is 1.60. The minimum absolute atomic E-state index is 0.0262. The molecule has 0 atom stereocenters. The van der Waals surface area contributed by atoms with Gasteiger partial charge in [-0.15, -0.1) is 0 Å². The monoisotopic (exact) mass is 539 g/mol. The SMILES string of the molecule is Cc1c(C(=O)NC2CCC2)cc(-c2ccc(S(=O)(=O)NC(C)(C)C)c3c2CCCC3)n1CC1CCCCC1. The number of carbonyl (C=O) groups is 1. The number of hydrogen-bond acceptors (Lipinski definition) is 3. The van der Waals surface area contributed by atoms with Gasteiger partial charge in [0.25, 0.3) is 5.91 Å². The van der Waals surface area contributed by atoms with Crippen LogP contribution in [-0.2, 0) is 29.4 Å². The molecule has 1 amide bonds. The van der Waals surface area contributed by atoms with Crippen LogP contribution in [0.15, 0.2) is 23.1 Å². The summed E-state index contributed by atoms with van der Waals surface area (Å²) in [6.45, 7) is 8.63. The minimum Gasteiger partial charge on any atom is -0.349 e. The number of hydrogen-bond donors (Lipinski definition) is 2. The van der Waals surface area contributed by atoms with Crippen LogP contribution in [0.4, 0.5) is 0 Å². The molecule has 7 heteroatoms. The molecule has 1 aromatic carbocycles. The number of nitrogens with one attached hydrogen (secondary N) is 2. The molecule has 38 heavy (non-hydrogen) atoms. The molecule has 6 nitrogen and oxygen atoms in total. The molecule has 0 radical (unpaired) electrons. The van der Waals surface area contributed by atoms with Gasteiger partial charge in [-0.05, 0) is 115 Å². The third-order valence-electron chi connectivity index (χ3n) is 8.71. The number of rotatable bonds is 7. The number of nitrogens with zero attached hydrogens (tertiary/aromatic N) is 1. The molecule has 0 bridgehead atoms. The first-order valence-electron chi connectivity index (χ1n) is 14.7. The number of aromatic nitrogens is 1. The normalized spacial score (nSPS) is 19.2. The summed E-state index contributed by atoms with van der Waals surface area (Å²) in [6.07, 6.45) is 13.3. The predicted octanol–water partition coefficient (Wildman–Crippen LogP) is 6.28. The van der Waals surface area contributed by atoms with Gasteiger partial charge in [0.1, 0.15) is 0 Å². The summed E-state index contributed by atoms with van der Waals surface area (Å²) in [5.41, 5.74) is 5.49. The molecule has 0 unspecified atom stereocenters. The Morgan fingerprint density at radius 3 is 2.26 bits per heavy atom. The van der Waals surface area contributed by atoms with E-state index in [-0.39, 0.29) is 5.91 Å². The van der Waals surface area contributed by atoms with Crippen LogP contribution < -0.4 is 10.0 Å². The lowest BCUT2D eigenvalue weighted by atomic mass is 9.86. The van der Waals surface area contributed by atoms with Crippen molar-refractivity contribution in [3.8, 4) is 11.3 Å². The van der Waals surface area contributed by atoms with E-state index in [1.807, 2.05) is 26.8 Å². The van der Waals surface area contributed by atoms with E-state index in [0.717, 1.165) is 78.7 Å². The summed E-state index contributed by atoms with van der Waals surface area (Å²) >= 11 is 0. The maximum atomic E-state index is 13.4. The van der Waals surface area contributed by atoms with Gasteiger partial charge >= 0.3 is 0 Å². The van der Waals surface area contributed by atoms with E-state index in [9.17, 15) is 13.2 Å². The summed E-state index contributed by atoms with van der Waals surface area (Å²) in [5, 5.41) is 3.24. The number of carbonyl (C=O) groups excluding carboxylic acids is 1. The lowest BCUT2D eigenvalue weighted by Gasteiger charge is -2.27. The Labute approximate surface area is 229 Å². The number of amides is 1. The van der Waals surface area contributed by atoms with E-state index >= 15 is 0 Å². The van der Waals surface area contributed by atoms with Crippen LogP contribution in [0.1, 0.15) is 112 Å². The number of fused-ring (bicyclic) bond motifs is 1. The molecule has 2 aromatic rings. The second-order valence-electron chi connectivity index (χ2n) is 12.9. The van der Waals surface area contributed by atoms with Gasteiger partial charge in [0, 0.05) is 35.1 Å². The Bertz CT molecular complexity index is 1290. The second kappa shape index (κ2) is 10.8. The zero-order valence-corrected chi connectivity index (χ0v) is 24.5. The van der Waals surface area contributed by atoms with Gasteiger partial charge < -0.3 is 9.88 Å². The van der Waals surface area contributed by atoms with Gasteiger partial charge in [0.05, 0.1) is 10.5 Å². The van der Waals surface area contributed by atoms with E-state index in [4.69, 9.17) is 0 Å². The highest BCUT2D eigenvalue weighted by molar-refractivity contribution is 7.89. The lowest BCUT2D eigenvalue weighted by Crippen LogP contribution is -2.41. The smallest absolute Gasteiger partial charge is 0.253 e. The van der Waals surface area contributed by atoms with Crippen LogP contribution in [0.5, 0.6) is 0 Å². The van der Waals surface area contributed by atoms with Gasteiger partial charge in [0.15, 0.2) is 0 Å². The fourth-order valence-electron chi connectivity index (χ4n) is 6.56. The fraction of sp³-hybridized carbons (Fsp3) is 0.645. The predicted molar refractivity (Wildman–Crippen MR) is 153 cm³/mol. The quantitative estimate of drug-likeness (QED) is 0.434. The zero-order chi connectivity index (χ0) is 27.1. The van der Waals surface area contributed by atoms with E-state index in [2.05, 4.69) is 27.6 Å². The summed E-state index contributed by atoms with van der Waals surface area (Å²) in [5.74, 6) is 0.640. The van der Waals surface area contributed by atoms with Crippen molar-refractivity contribution in [2.45, 2.75) is 128 Å². The molecule has 0 spiro atoms. The van der Waals surface area contributed by atoms with Crippen LogP contribution in [0.3, 0.4) is 0 Å². The first-order chi connectivity index (χ1) is 18.0. The summed E-state index contributed by atoms with van der Waals surface area (Å²) in [6, 6.07) is 6.17. The van der Waals surface area contributed by atoms with Crippen molar-refractivity contribution in [1.29, 1.82) is 0 Å². The summed E-state index contributed by atoms with van der Waals surface area (Å²) < 4.78 is 32.1. The fourth-order valence-corrected chi connectivity index (χ4v) is 8.27. The van der Waals surface area contributed by atoms with Crippen LogP contribution >= 0.6 is 0 Å². The highest BCUT2D eigenvalue weighted by atomic mass is 32.2. The van der Waals surface area contributed by atoms with Gasteiger partial charge in [-0.25, -0.2) is 13.1 Å². The molecule has 2 fully saturated rings. The van der Waals surface area contributed by atoms with Crippen LogP contribution in [0.25, 0.3) is 11.3 Å². The van der Waals surface area contributed by atoms with Crippen molar-refractivity contribution in [3.63, 3.8) is 0 Å². The molecule has 3 aliphatic rings. The van der Waals surface area contributed by atoms with Crippen molar-refractivity contribution < 1.29 is 13.2 Å². The zero-order valence-electron chi connectivity index (χ0n) is 23.7. The van der Waals surface area contributed by atoms with Gasteiger partial charge in [-0.1, -0.05) is 25.3 Å². The molecular weight excluding hydrogens is 494 g/mol. The van der Waals surface area contributed by atoms with Crippen molar-refractivity contribution in [2.24, 2.45) is 5.92 Å². The lowest BCUT2D eigenvalue weighted by molar-refractivity contribution is 0.0916.